The third-order valence-electron chi connectivity index (χ3n) is 4.36. The highest BCUT2D eigenvalue weighted by atomic mass is 16.6. The second-order valence-corrected chi connectivity index (χ2v) is 6.00. The van der Waals surface area contributed by atoms with Crippen LogP contribution in [0, 0.1) is 10.1 Å². The Hall–Kier alpha value is -2.93. The molecule has 1 aliphatic heterocycles. The van der Waals surface area contributed by atoms with Crippen molar-refractivity contribution in [2.24, 2.45) is 5.16 Å². The maximum Gasteiger partial charge on any atom is 0.293 e. The maximum absolute atomic E-state index is 11.4. The summed E-state index contributed by atoms with van der Waals surface area (Å²) in [6.45, 7) is 4.07. The zero-order valence-electron chi connectivity index (χ0n) is 13.8. The molecule has 1 aliphatic rings. The van der Waals surface area contributed by atoms with Crippen molar-refractivity contribution in [3.05, 3.63) is 69.8 Å². The van der Waals surface area contributed by atoms with Crippen molar-refractivity contribution in [2.45, 2.75) is 6.54 Å². The number of hydrogen-bond donors (Lipinski definition) is 1. The summed E-state index contributed by atoms with van der Waals surface area (Å²) in [7, 11) is 0. The van der Waals surface area contributed by atoms with E-state index in [1.54, 1.807) is 12.1 Å². The normalized spacial score (nSPS) is 15.6. The summed E-state index contributed by atoms with van der Waals surface area (Å²) in [5.41, 5.74) is 2.42. The molecule has 2 aromatic carbocycles. The van der Waals surface area contributed by atoms with E-state index in [0.29, 0.717) is 11.3 Å². The molecule has 1 heterocycles. The fraction of sp³-hybridized carbons (Fsp3) is 0.278. The third kappa shape index (κ3) is 4.13. The number of benzene rings is 2. The minimum absolute atomic E-state index is 0.0360. The van der Waals surface area contributed by atoms with Crippen LogP contribution in [0.1, 0.15) is 11.1 Å². The number of rotatable bonds is 5. The van der Waals surface area contributed by atoms with E-state index < -0.39 is 0 Å². The zero-order chi connectivity index (χ0) is 17.6. The van der Waals surface area contributed by atoms with Gasteiger partial charge in [-0.05, 0) is 11.6 Å². The molecule has 0 unspecified atom stereocenters. The molecule has 2 aromatic rings. The Bertz CT molecular complexity index is 756. The van der Waals surface area contributed by atoms with Gasteiger partial charge in [-0.3, -0.25) is 15.0 Å². The predicted octanol–water partition coefficient (Wildman–Crippen LogP) is 2.73. The number of nitrogens with zero attached hydrogens (tertiary/aromatic N) is 4. The number of oxime groups is 1. The minimum atomic E-state index is -0.389. The van der Waals surface area contributed by atoms with Crippen molar-refractivity contribution in [3.8, 4) is 0 Å². The molecule has 0 bridgehead atoms. The van der Waals surface area contributed by atoms with Crippen LogP contribution in [0.4, 0.5) is 11.4 Å². The van der Waals surface area contributed by atoms with Crippen LogP contribution in [0.3, 0.4) is 0 Å². The van der Waals surface area contributed by atoms with Gasteiger partial charge in [0, 0.05) is 44.4 Å². The molecule has 0 aliphatic carbocycles. The first-order valence-corrected chi connectivity index (χ1v) is 8.14. The van der Waals surface area contributed by atoms with Crippen LogP contribution in [0.5, 0.6) is 0 Å². The molecule has 25 heavy (non-hydrogen) atoms. The van der Waals surface area contributed by atoms with Crippen molar-refractivity contribution in [1.82, 2.24) is 4.90 Å². The van der Waals surface area contributed by atoms with Gasteiger partial charge in [-0.15, -0.1) is 0 Å². The summed E-state index contributed by atoms with van der Waals surface area (Å²) in [5, 5.41) is 22.9. The first-order valence-electron chi connectivity index (χ1n) is 8.14. The first kappa shape index (κ1) is 16.9. The quantitative estimate of drug-likeness (QED) is 0.392. The van der Waals surface area contributed by atoms with E-state index in [0.717, 1.165) is 32.7 Å². The smallest absolute Gasteiger partial charge is 0.293 e. The average molecular weight is 340 g/mol. The maximum atomic E-state index is 11.4. The summed E-state index contributed by atoms with van der Waals surface area (Å²) in [6, 6.07) is 15.2. The average Bonchev–Trinajstić information content (AvgIpc) is 2.63. The molecule has 0 saturated carbocycles. The molecule has 3 rings (SSSR count). The molecular formula is C18H20N4O3. The Morgan fingerprint density at radius 1 is 1.12 bits per heavy atom. The zero-order valence-corrected chi connectivity index (χ0v) is 13.8. The number of piperazine rings is 1. The van der Waals surface area contributed by atoms with E-state index in [1.165, 1.54) is 17.8 Å². The molecule has 0 radical (unpaired) electrons. The van der Waals surface area contributed by atoms with Gasteiger partial charge in [0.05, 0.1) is 11.1 Å². The highest BCUT2D eigenvalue weighted by Gasteiger charge is 2.24. The van der Waals surface area contributed by atoms with Gasteiger partial charge in [-0.1, -0.05) is 41.6 Å². The van der Waals surface area contributed by atoms with E-state index in [4.69, 9.17) is 5.21 Å². The third-order valence-corrected chi connectivity index (χ3v) is 4.36. The lowest BCUT2D eigenvalue weighted by Crippen LogP contribution is -2.46. The van der Waals surface area contributed by atoms with Crippen molar-refractivity contribution in [2.75, 3.05) is 31.1 Å². The molecular weight excluding hydrogens is 320 g/mol. The number of anilines is 1. The number of nitro benzene ring substituents is 1. The summed E-state index contributed by atoms with van der Waals surface area (Å²) < 4.78 is 0. The van der Waals surface area contributed by atoms with Crippen molar-refractivity contribution >= 4 is 17.6 Å². The van der Waals surface area contributed by atoms with Crippen molar-refractivity contribution in [1.29, 1.82) is 0 Å². The lowest BCUT2D eigenvalue weighted by molar-refractivity contribution is -0.384. The van der Waals surface area contributed by atoms with E-state index in [9.17, 15) is 10.1 Å². The van der Waals surface area contributed by atoms with Crippen LogP contribution in [-0.4, -0.2) is 47.4 Å². The summed E-state index contributed by atoms with van der Waals surface area (Å²) in [4.78, 5) is 15.4. The van der Waals surface area contributed by atoms with Crippen LogP contribution >= 0.6 is 0 Å². The van der Waals surface area contributed by atoms with Crippen LogP contribution in [-0.2, 0) is 6.54 Å². The van der Waals surface area contributed by atoms with E-state index >= 15 is 0 Å². The van der Waals surface area contributed by atoms with Gasteiger partial charge >= 0.3 is 0 Å². The molecule has 1 saturated heterocycles. The van der Waals surface area contributed by atoms with Crippen LogP contribution in [0.15, 0.2) is 53.7 Å². The van der Waals surface area contributed by atoms with Gasteiger partial charge in [-0.2, -0.15) is 0 Å². The molecule has 1 fully saturated rings. The second kappa shape index (κ2) is 7.76. The molecule has 1 N–H and O–H groups in total. The van der Waals surface area contributed by atoms with Crippen LogP contribution in [0.2, 0.25) is 0 Å². The lowest BCUT2D eigenvalue weighted by atomic mass is 10.1. The Morgan fingerprint density at radius 2 is 1.84 bits per heavy atom. The molecule has 7 nitrogen and oxygen atoms in total. The van der Waals surface area contributed by atoms with Gasteiger partial charge in [0.2, 0.25) is 0 Å². The van der Waals surface area contributed by atoms with E-state index in [1.807, 2.05) is 23.1 Å². The van der Waals surface area contributed by atoms with Crippen LogP contribution < -0.4 is 4.90 Å². The summed E-state index contributed by atoms with van der Waals surface area (Å²) >= 11 is 0. The lowest BCUT2D eigenvalue weighted by Gasteiger charge is -2.35. The standard InChI is InChI=1S/C18H20N4O3/c23-19-13-16-6-7-17(18(12-16)22(24)25)21-10-8-20(9-11-21)14-15-4-2-1-3-5-15/h1-7,12-13,23H,8-11,14H2/b19-13-. The van der Waals surface area contributed by atoms with Crippen molar-refractivity contribution in [3.63, 3.8) is 0 Å². The predicted molar refractivity (Wildman–Crippen MR) is 96.4 cm³/mol. The van der Waals surface area contributed by atoms with Gasteiger partial charge in [0.25, 0.3) is 5.69 Å². The highest BCUT2D eigenvalue weighted by Crippen LogP contribution is 2.29. The Labute approximate surface area is 145 Å². The monoisotopic (exact) mass is 340 g/mol. The SMILES string of the molecule is O=[N+]([O-])c1cc(/C=N\O)ccc1N1CCN(Cc2ccccc2)CC1. The summed E-state index contributed by atoms with van der Waals surface area (Å²) in [5.74, 6) is 0. The molecule has 7 heteroatoms. The topological polar surface area (TPSA) is 82.2 Å². The van der Waals surface area contributed by atoms with Gasteiger partial charge in [0.15, 0.2) is 0 Å². The fourth-order valence-electron chi connectivity index (χ4n) is 3.09. The molecule has 0 spiro atoms. The molecule has 0 aromatic heterocycles. The van der Waals surface area contributed by atoms with Crippen molar-refractivity contribution < 1.29 is 10.1 Å². The highest BCUT2D eigenvalue weighted by molar-refractivity contribution is 5.82. The Balaban J connectivity index is 1.69. The first-order chi connectivity index (χ1) is 12.2. The second-order valence-electron chi connectivity index (χ2n) is 6.00. The minimum Gasteiger partial charge on any atom is -0.411 e. The largest absolute Gasteiger partial charge is 0.411 e. The van der Waals surface area contributed by atoms with Gasteiger partial charge in [-0.25, -0.2) is 0 Å². The van der Waals surface area contributed by atoms with Gasteiger partial charge < -0.3 is 10.1 Å². The molecule has 0 atom stereocenters. The molecule has 130 valence electrons. The van der Waals surface area contributed by atoms with Crippen LogP contribution in [0.25, 0.3) is 0 Å². The summed E-state index contributed by atoms with van der Waals surface area (Å²) in [6.07, 6.45) is 1.19. The van der Waals surface area contributed by atoms with E-state index in [2.05, 4.69) is 22.2 Å². The fourth-order valence-corrected chi connectivity index (χ4v) is 3.09. The van der Waals surface area contributed by atoms with E-state index in [-0.39, 0.29) is 10.6 Å². The van der Waals surface area contributed by atoms with Gasteiger partial charge in [0.1, 0.15) is 5.69 Å². The number of hydrogen-bond acceptors (Lipinski definition) is 6. The molecule has 0 amide bonds. The Morgan fingerprint density at radius 3 is 2.48 bits per heavy atom. The number of nitro groups is 1. The Kier molecular flexibility index (Phi) is 5.25.